The molecule has 9 heteroatoms. The van der Waals surface area contributed by atoms with Crippen LogP contribution in [0.3, 0.4) is 0 Å². The van der Waals surface area contributed by atoms with Crippen LogP contribution in [0.1, 0.15) is 22.3 Å². The van der Waals surface area contributed by atoms with Crippen molar-refractivity contribution in [3.63, 3.8) is 0 Å². The Hall–Kier alpha value is -3.36. The Kier molecular flexibility index (Phi) is 3.60. The lowest BCUT2D eigenvalue weighted by molar-refractivity contribution is 0.0560. The van der Waals surface area contributed by atoms with Crippen molar-refractivity contribution in [2.45, 2.75) is 5.92 Å². The number of likely N-dealkylation sites (tertiary alicyclic amines) is 1. The van der Waals surface area contributed by atoms with Crippen LogP contribution in [-0.2, 0) is 7.05 Å². The number of pyridine rings is 1. The molecule has 0 atom stereocenters. The van der Waals surface area contributed by atoms with Gasteiger partial charge >= 0.3 is 0 Å². The topological polar surface area (TPSA) is 107 Å². The van der Waals surface area contributed by atoms with Gasteiger partial charge in [-0.2, -0.15) is 10.1 Å². The summed E-state index contributed by atoms with van der Waals surface area (Å²) in [6.07, 6.45) is 3.34. The van der Waals surface area contributed by atoms with E-state index in [4.69, 9.17) is 4.52 Å². The Labute approximate surface area is 141 Å². The molecule has 3 aromatic rings. The molecule has 126 valence electrons. The quantitative estimate of drug-likeness (QED) is 0.683. The van der Waals surface area contributed by atoms with Crippen LogP contribution in [-0.4, -0.2) is 48.8 Å². The lowest BCUT2D eigenvalue weighted by Crippen LogP contribution is -2.49. The SMILES string of the molecule is Cn1nc(C(=O)N2CC(c3nc(-c4cccnc4)no3)C2)ccc1=O. The molecule has 0 saturated carbocycles. The first-order chi connectivity index (χ1) is 12.1. The molecule has 1 aliphatic rings. The summed E-state index contributed by atoms with van der Waals surface area (Å²) in [5.74, 6) is 0.747. The largest absolute Gasteiger partial charge is 0.339 e. The number of hydrogen-bond acceptors (Lipinski definition) is 7. The molecule has 4 rings (SSSR count). The van der Waals surface area contributed by atoms with Gasteiger partial charge in [-0.15, -0.1) is 0 Å². The lowest BCUT2D eigenvalue weighted by Gasteiger charge is -2.36. The van der Waals surface area contributed by atoms with Crippen LogP contribution in [0.2, 0.25) is 0 Å². The van der Waals surface area contributed by atoms with E-state index in [0.29, 0.717) is 24.8 Å². The van der Waals surface area contributed by atoms with Gasteiger partial charge in [0.1, 0.15) is 5.69 Å². The summed E-state index contributed by atoms with van der Waals surface area (Å²) in [6.45, 7) is 0.941. The number of carbonyl (C=O) groups excluding carboxylic acids is 1. The molecule has 1 saturated heterocycles. The van der Waals surface area contributed by atoms with E-state index in [1.165, 1.54) is 19.2 Å². The minimum absolute atomic E-state index is 0.00518. The van der Waals surface area contributed by atoms with Gasteiger partial charge in [-0.1, -0.05) is 5.16 Å². The van der Waals surface area contributed by atoms with Crippen molar-refractivity contribution in [3.05, 3.63) is 58.6 Å². The highest BCUT2D eigenvalue weighted by molar-refractivity contribution is 5.92. The smallest absolute Gasteiger partial charge is 0.274 e. The van der Waals surface area contributed by atoms with E-state index in [9.17, 15) is 9.59 Å². The molecule has 3 aromatic heterocycles. The molecule has 9 nitrogen and oxygen atoms in total. The zero-order valence-electron chi connectivity index (χ0n) is 13.4. The maximum atomic E-state index is 12.4. The van der Waals surface area contributed by atoms with Gasteiger partial charge in [0.05, 0.1) is 5.92 Å². The van der Waals surface area contributed by atoms with Crippen molar-refractivity contribution in [1.82, 2.24) is 29.8 Å². The second-order valence-corrected chi connectivity index (χ2v) is 5.79. The van der Waals surface area contributed by atoms with Crippen molar-refractivity contribution in [1.29, 1.82) is 0 Å². The Morgan fingerprint density at radius 2 is 2.12 bits per heavy atom. The molecule has 0 aliphatic carbocycles. The lowest BCUT2D eigenvalue weighted by atomic mass is 9.99. The second kappa shape index (κ2) is 5.93. The van der Waals surface area contributed by atoms with Crippen LogP contribution in [0.5, 0.6) is 0 Å². The summed E-state index contributed by atoms with van der Waals surface area (Å²) in [5.41, 5.74) is 0.758. The van der Waals surface area contributed by atoms with Gasteiger partial charge in [0.15, 0.2) is 0 Å². The zero-order chi connectivity index (χ0) is 17.4. The van der Waals surface area contributed by atoms with Crippen molar-refractivity contribution < 1.29 is 9.32 Å². The first kappa shape index (κ1) is 15.2. The third-order valence-electron chi connectivity index (χ3n) is 4.06. The highest BCUT2D eigenvalue weighted by atomic mass is 16.5. The normalized spacial score (nSPS) is 14.4. The predicted octanol–water partition coefficient (Wildman–Crippen LogP) is 0.465. The number of aryl methyl sites for hydroxylation is 1. The van der Waals surface area contributed by atoms with Gasteiger partial charge in [-0.05, 0) is 18.2 Å². The maximum Gasteiger partial charge on any atom is 0.274 e. The standard InChI is InChI=1S/C16H14N6O3/c1-21-13(23)5-4-12(19-21)16(24)22-8-11(9-22)15-18-14(20-25-15)10-3-2-6-17-7-10/h2-7,11H,8-9H2,1H3. The molecule has 0 spiro atoms. The van der Waals surface area contributed by atoms with Gasteiger partial charge in [-0.3, -0.25) is 14.6 Å². The highest BCUT2D eigenvalue weighted by Crippen LogP contribution is 2.28. The van der Waals surface area contributed by atoms with E-state index in [1.54, 1.807) is 23.4 Å². The van der Waals surface area contributed by atoms with E-state index < -0.39 is 0 Å². The Balaban J connectivity index is 1.43. The van der Waals surface area contributed by atoms with Crippen LogP contribution >= 0.6 is 0 Å². The number of aromatic nitrogens is 5. The average Bonchev–Trinajstić information content (AvgIpc) is 3.06. The van der Waals surface area contributed by atoms with E-state index in [0.717, 1.165) is 10.2 Å². The van der Waals surface area contributed by atoms with Crippen LogP contribution in [0.25, 0.3) is 11.4 Å². The number of rotatable bonds is 3. The summed E-state index contributed by atoms with van der Waals surface area (Å²) in [6, 6.07) is 6.42. The monoisotopic (exact) mass is 338 g/mol. The third-order valence-corrected chi connectivity index (χ3v) is 4.06. The molecule has 1 aliphatic heterocycles. The Morgan fingerprint density at radius 1 is 1.28 bits per heavy atom. The molecule has 0 bridgehead atoms. The molecule has 0 N–H and O–H groups in total. The number of carbonyl (C=O) groups is 1. The minimum Gasteiger partial charge on any atom is -0.339 e. The minimum atomic E-state index is -0.258. The third kappa shape index (κ3) is 2.80. The fourth-order valence-electron chi connectivity index (χ4n) is 2.59. The van der Waals surface area contributed by atoms with Gasteiger partial charge in [0.25, 0.3) is 11.5 Å². The zero-order valence-corrected chi connectivity index (χ0v) is 13.4. The summed E-state index contributed by atoms with van der Waals surface area (Å²) >= 11 is 0. The molecule has 0 unspecified atom stereocenters. The molecule has 0 aromatic carbocycles. The Morgan fingerprint density at radius 3 is 2.84 bits per heavy atom. The fourth-order valence-corrected chi connectivity index (χ4v) is 2.59. The van der Waals surface area contributed by atoms with E-state index >= 15 is 0 Å². The average molecular weight is 338 g/mol. The van der Waals surface area contributed by atoms with Gasteiger partial charge < -0.3 is 9.42 Å². The van der Waals surface area contributed by atoms with Crippen molar-refractivity contribution in [2.24, 2.45) is 7.05 Å². The summed E-state index contributed by atoms with van der Waals surface area (Å²) in [4.78, 5) is 33.7. The summed E-state index contributed by atoms with van der Waals surface area (Å²) < 4.78 is 6.45. The molecule has 1 fully saturated rings. The summed E-state index contributed by atoms with van der Waals surface area (Å²) in [7, 11) is 1.51. The molecule has 0 radical (unpaired) electrons. The molecule has 1 amide bonds. The van der Waals surface area contributed by atoms with E-state index in [-0.39, 0.29) is 23.1 Å². The molecular weight excluding hydrogens is 324 g/mol. The van der Waals surface area contributed by atoms with Gasteiger partial charge in [0.2, 0.25) is 11.7 Å². The first-order valence-electron chi connectivity index (χ1n) is 7.69. The second-order valence-electron chi connectivity index (χ2n) is 5.79. The van der Waals surface area contributed by atoms with Crippen LogP contribution < -0.4 is 5.56 Å². The Bertz CT molecular complexity index is 975. The maximum absolute atomic E-state index is 12.4. The fraction of sp³-hybridized carbons (Fsp3) is 0.250. The number of hydrogen-bond donors (Lipinski definition) is 0. The highest BCUT2D eigenvalue weighted by Gasteiger charge is 2.36. The first-order valence-corrected chi connectivity index (χ1v) is 7.69. The summed E-state index contributed by atoms with van der Waals surface area (Å²) in [5, 5.41) is 7.93. The van der Waals surface area contributed by atoms with Crippen LogP contribution in [0.15, 0.2) is 46.0 Å². The molecule has 4 heterocycles. The van der Waals surface area contributed by atoms with Gasteiger partial charge in [0, 0.05) is 44.2 Å². The molecular formula is C16H14N6O3. The number of amides is 1. The predicted molar refractivity (Wildman–Crippen MR) is 85.7 cm³/mol. The van der Waals surface area contributed by atoms with Crippen LogP contribution in [0, 0.1) is 0 Å². The van der Waals surface area contributed by atoms with Gasteiger partial charge in [-0.25, -0.2) is 4.68 Å². The van der Waals surface area contributed by atoms with E-state index in [2.05, 4.69) is 20.2 Å². The van der Waals surface area contributed by atoms with Crippen LogP contribution in [0.4, 0.5) is 0 Å². The molecule has 25 heavy (non-hydrogen) atoms. The van der Waals surface area contributed by atoms with Crippen molar-refractivity contribution in [2.75, 3.05) is 13.1 Å². The number of nitrogens with zero attached hydrogens (tertiary/aromatic N) is 6. The van der Waals surface area contributed by atoms with Crippen molar-refractivity contribution in [3.8, 4) is 11.4 Å². The van der Waals surface area contributed by atoms with E-state index in [1.807, 2.05) is 6.07 Å². The van der Waals surface area contributed by atoms with Crippen molar-refractivity contribution >= 4 is 5.91 Å².